The lowest BCUT2D eigenvalue weighted by Crippen LogP contribution is -2.65. The molecule has 2 saturated carbocycles. The topological polar surface area (TPSA) is 55.8 Å². The van der Waals surface area contributed by atoms with Gasteiger partial charge in [-0.15, -0.1) is 0 Å². The lowest BCUT2D eigenvalue weighted by molar-refractivity contribution is -0.154. The number of piperidine rings is 1. The van der Waals surface area contributed by atoms with Gasteiger partial charge in [-0.25, -0.2) is 0 Å². The van der Waals surface area contributed by atoms with E-state index >= 15 is 0 Å². The minimum absolute atomic E-state index is 0.0163. The van der Waals surface area contributed by atoms with Gasteiger partial charge in [0.1, 0.15) is 0 Å². The summed E-state index contributed by atoms with van der Waals surface area (Å²) in [5, 5.41) is 15.1. The van der Waals surface area contributed by atoms with Crippen LogP contribution in [-0.4, -0.2) is 71.7 Å². The molecule has 27 heavy (non-hydrogen) atoms. The molecular weight excluding hydrogens is 338 g/mol. The van der Waals surface area contributed by atoms with Gasteiger partial charge < -0.3 is 15.3 Å². The van der Waals surface area contributed by atoms with E-state index in [9.17, 15) is 9.90 Å². The fourth-order valence-corrected chi connectivity index (χ4v) is 6.26. The Balaban J connectivity index is 1.37. The van der Waals surface area contributed by atoms with E-state index in [0.717, 1.165) is 45.4 Å². The monoisotopic (exact) mass is 377 g/mol. The quantitative estimate of drug-likeness (QED) is 0.793. The van der Waals surface area contributed by atoms with Crippen LogP contribution in [0.15, 0.2) is 0 Å². The number of nitrogens with one attached hydrogen (secondary N) is 1. The SMILES string of the molecule is CC1(C)CCC(N2CCN(CC3(O)CCNCC34CCCC4)C(=O)C2)CC1. The van der Waals surface area contributed by atoms with Crippen molar-refractivity contribution >= 4 is 5.91 Å². The van der Waals surface area contributed by atoms with Crippen LogP contribution in [0.25, 0.3) is 0 Å². The lowest BCUT2D eigenvalue weighted by Gasteiger charge is -2.52. The molecule has 5 nitrogen and oxygen atoms in total. The highest BCUT2D eigenvalue weighted by atomic mass is 16.3. The molecule has 4 aliphatic rings. The van der Waals surface area contributed by atoms with Crippen LogP contribution >= 0.6 is 0 Å². The predicted molar refractivity (Wildman–Crippen MR) is 108 cm³/mol. The maximum absolute atomic E-state index is 13.0. The standard InChI is InChI=1S/C22H39N3O2/c1-20(2)9-5-18(6-10-20)24-13-14-25(19(26)15-24)17-22(27)11-12-23-16-21(22)7-3-4-8-21/h18,23,27H,3-17H2,1-2H3. The van der Waals surface area contributed by atoms with Crippen LogP contribution in [0.2, 0.25) is 0 Å². The smallest absolute Gasteiger partial charge is 0.236 e. The predicted octanol–water partition coefficient (Wildman–Crippen LogP) is 2.38. The van der Waals surface area contributed by atoms with E-state index in [4.69, 9.17) is 0 Å². The summed E-state index contributed by atoms with van der Waals surface area (Å²) >= 11 is 0. The number of amides is 1. The molecule has 2 aliphatic carbocycles. The van der Waals surface area contributed by atoms with Crippen molar-refractivity contribution in [3.63, 3.8) is 0 Å². The first-order valence-electron chi connectivity index (χ1n) is 11.3. The number of hydrogen-bond acceptors (Lipinski definition) is 4. The highest BCUT2D eigenvalue weighted by Crippen LogP contribution is 2.49. The van der Waals surface area contributed by atoms with Crippen molar-refractivity contribution in [3.8, 4) is 0 Å². The molecule has 2 aliphatic heterocycles. The Hall–Kier alpha value is -0.650. The first-order chi connectivity index (χ1) is 12.8. The molecule has 2 saturated heterocycles. The molecule has 2 N–H and O–H groups in total. The van der Waals surface area contributed by atoms with Crippen molar-refractivity contribution < 1.29 is 9.90 Å². The summed E-state index contributed by atoms with van der Waals surface area (Å²) in [6, 6.07) is 0.576. The van der Waals surface area contributed by atoms with E-state index in [1.54, 1.807) is 0 Å². The van der Waals surface area contributed by atoms with E-state index in [2.05, 4.69) is 24.1 Å². The molecule has 5 heteroatoms. The first kappa shape index (κ1) is 19.7. The zero-order valence-electron chi connectivity index (χ0n) is 17.4. The summed E-state index contributed by atoms with van der Waals surface area (Å²) in [4.78, 5) is 17.4. The van der Waals surface area contributed by atoms with Gasteiger partial charge in [0.15, 0.2) is 0 Å². The number of aliphatic hydroxyl groups is 1. The lowest BCUT2D eigenvalue weighted by atomic mass is 9.66. The third-order valence-electron chi connectivity index (χ3n) is 8.35. The third-order valence-corrected chi connectivity index (χ3v) is 8.35. The zero-order chi connectivity index (χ0) is 19.1. The van der Waals surface area contributed by atoms with Crippen molar-refractivity contribution in [2.75, 3.05) is 39.3 Å². The van der Waals surface area contributed by atoms with Crippen molar-refractivity contribution in [3.05, 3.63) is 0 Å². The second-order valence-electron chi connectivity index (χ2n) is 10.6. The summed E-state index contributed by atoms with van der Waals surface area (Å²) in [5.41, 5.74) is -0.255. The first-order valence-corrected chi connectivity index (χ1v) is 11.3. The zero-order valence-corrected chi connectivity index (χ0v) is 17.4. The second-order valence-corrected chi connectivity index (χ2v) is 10.6. The Morgan fingerprint density at radius 1 is 1.07 bits per heavy atom. The molecule has 0 bridgehead atoms. The summed E-state index contributed by atoms with van der Waals surface area (Å²) in [5.74, 6) is 0.228. The van der Waals surface area contributed by atoms with Crippen LogP contribution in [0.1, 0.15) is 71.6 Å². The molecule has 154 valence electrons. The maximum Gasteiger partial charge on any atom is 0.236 e. The van der Waals surface area contributed by atoms with E-state index in [-0.39, 0.29) is 11.3 Å². The third kappa shape index (κ3) is 3.79. The van der Waals surface area contributed by atoms with E-state index in [0.29, 0.717) is 24.5 Å². The van der Waals surface area contributed by atoms with Gasteiger partial charge in [0, 0.05) is 31.1 Å². The van der Waals surface area contributed by atoms with Gasteiger partial charge in [0.2, 0.25) is 5.91 Å². The minimum Gasteiger partial charge on any atom is -0.387 e. The molecule has 0 aromatic rings. The maximum atomic E-state index is 13.0. The Labute approximate surface area is 164 Å². The summed E-state index contributed by atoms with van der Waals surface area (Å²) in [6.45, 7) is 9.35. The molecular formula is C22H39N3O2. The minimum atomic E-state index is -0.707. The van der Waals surface area contributed by atoms with E-state index in [1.165, 1.54) is 38.5 Å². The molecule has 1 unspecified atom stereocenters. The largest absolute Gasteiger partial charge is 0.387 e. The molecule has 0 aromatic carbocycles. The van der Waals surface area contributed by atoms with Gasteiger partial charge in [0.05, 0.1) is 18.7 Å². The number of carbonyl (C=O) groups is 1. The summed E-state index contributed by atoms with van der Waals surface area (Å²) < 4.78 is 0. The number of β-amino-alcohol motifs (C(OH)–C–C–N with tert-alkyl or cyclic N) is 1. The van der Waals surface area contributed by atoms with E-state index in [1.807, 2.05) is 4.90 Å². The van der Waals surface area contributed by atoms with Gasteiger partial charge in [0.25, 0.3) is 0 Å². The highest BCUT2D eigenvalue weighted by molar-refractivity contribution is 5.79. The van der Waals surface area contributed by atoms with Crippen molar-refractivity contribution in [1.29, 1.82) is 0 Å². The highest BCUT2D eigenvalue weighted by Gasteiger charge is 2.54. The van der Waals surface area contributed by atoms with Crippen LogP contribution in [-0.2, 0) is 4.79 Å². The Bertz CT molecular complexity index is 548. The van der Waals surface area contributed by atoms with Crippen LogP contribution in [0.4, 0.5) is 0 Å². The van der Waals surface area contributed by atoms with E-state index < -0.39 is 5.60 Å². The second kappa shape index (κ2) is 7.31. The average Bonchev–Trinajstić information content (AvgIpc) is 3.10. The molecule has 0 aromatic heterocycles. The number of carbonyl (C=O) groups excluding carboxylic acids is 1. The van der Waals surface area contributed by atoms with Crippen molar-refractivity contribution in [1.82, 2.24) is 15.1 Å². The fraction of sp³-hybridized carbons (Fsp3) is 0.955. The van der Waals surface area contributed by atoms with Gasteiger partial charge in [-0.2, -0.15) is 0 Å². The normalized spacial score (nSPS) is 35.1. The Kier molecular flexibility index (Phi) is 5.32. The van der Waals surface area contributed by atoms with Crippen LogP contribution in [0, 0.1) is 10.8 Å². The van der Waals surface area contributed by atoms with Gasteiger partial charge in [-0.1, -0.05) is 26.7 Å². The molecule has 4 fully saturated rings. The molecule has 1 amide bonds. The Morgan fingerprint density at radius 2 is 1.78 bits per heavy atom. The van der Waals surface area contributed by atoms with Crippen molar-refractivity contribution in [2.24, 2.45) is 10.8 Å². The molecule has 1 spiro atoms. The van der Waals surface area contributed by atoms with Crippen LogP contribution in [0.3, 0.4) is 0 Å². The number of hydrogen-bond donors (Lipinski definition) is 2. The van der Waals surface area contributed by atoms with Crippen molar-refractivity contribution in [2.45, 2.75) is 83.3 Å². The van der Waals surface area contributed by atoms with Gasteiger partial charge >= 0.3 is 0 Å². The number of nitrogens with zero attached hydrogens (tertiary/aromatic N) is 2. The Morgan fingerprint density at radius 3 is 2.44 bits per heavy atom. The summed E-state index contributed by atoms with van der Waals surface area (Å²) in [6.07, 6.45) is 10.4. The van der Waals surface area contributed by atoms with Gasteiger partial charge in [-0.05, 0) is 56.9 Å². The molecule has 1 atom stereocenters. The molecule has 0 radical (unpaired) electrons. The molecule has 2 heterocycles. The number of piperazine rings is 1. The van der Waals surface area contributed by atoms with Gasteiger partial charge in [-0.3, -0.25) is 9.69 Å². The molecule has 4 rings (SSSR count). The fourth-order valence-electron chi connectivity index (χ4n) is 6.26. The number of rotatable bonds is 3. The van der Waals surface area contributed by atoms with Crippen LogP contribution in [0.5, 0.6) is 0 Å². The average molecular weight is 378 g/mol. The van der Waals surface area contributed by atoms with Crippen LogP contribution < -0.4 is 5.32 Å². The summed E-state index contributed by atoms with van der Waals surface area (Å²) in [7, 11) is 0.